The number of hydrogen-bond donors (Lipinski definition) is 4. The second-order valence-corrected chi connectivity index (χ2v) is 5.02. The average molecular weight is 298 g/mol. The Morgan fingerprint density at radius 2 is 2.00 bits per heavy atom. The first-order valence-electron chi connectivity index (χ1n) is 6.48. The van der Waals surface area contributed by atoms with Gasteiger partial charge in [-0.25, -0.2) is 0 Å². The molecule has 7 nitrogen and oxygen atoms in total. The predicted molar refractivity (Wildman–Crippen MR) is 71.2 cm³/mol. The number of carbonyl (C=O) groups is 1. The summed E-state index contributed by atoms with van der Waals surface area (Å²) in [5.41, 5.74) is 0.733. The fourth-order valence-corrected chi connectivity index (χ4v) is 2.14. The largest absolute Gasteiger partial charge is 0.508 e. The number of aliphatic hydroxyl groups is 3. The van der Waals surface area contributed by atoms with Crippen LogP contribution < -0.4 is 4.74 Å². The van der Waals surface area contributed by atoms with E-state index in [1.165, 1.54) is 19.1 Å². The molecule has 1 saturated heterocycles. The molecule has 2 rings (SSSR count). The first-order chi connectivity index (χ1) is 9.85. The highest BCUT2D eigenvalue weighted by atomic mass is 16.7. The van der Waals surface area contributed by atoms with Gasteiger partial charge in [0, 0.05) is 6.07 Å². The summed E-state index contributed by atoms with van der Waals surface area (Å²) in [4.78, 5) is 11.6. The minimum absolute atomic E-state index is 0.0421. The second kappa shape index (κ2) is 5.98. The van der Waals surface area contributed by atoms with Gasteiger partial charge >= 0.3 is 0 Å². The van der Waals surface area contributed by atoms with Crippen molar-refractivity contribution in [3.8, 4) is 11.5 Å². The molecule has 4 atom stereocenters. The number of Topliss-reactive ketones (excluding diaryl/α,β-unsaturated/α-hetero) is 1. The number of aryl methyl sites for hydroxylation is 1. The normalized spacial score (nSPS) is 28.6. The summed E-state index contributed by atoms with van der Waals surface area (Å²) in [6, 6.07) is 2.72. The van der Waals surface area contributed by atoms with Crippen molar-refractivity contribution in [2.75, 3.05) is 6.61 Å². The standard InChI is InChI=1S/C14H18O7/c1-6-3-8(7(2)16)10(4-9(6)17)20-14-13(19)12(18)11(5-15)21-14/h3-4,11-15,17-19H,5H2,1-2H3. The van der Waals surface area contributed by atoms with Crippen molar-refractivity contribution in [1.82, 2.24) is 0 Å². The number of rotatable bonds is 4. The number of benzene rings is 1. The van der Waals surface area contributed by atoms with E-state index in [2.05, 4.69) is 0 Å². The van der Waals surface area contributed by atoms with Crippen molar-refractivity contribution in [1.29, 1.82) is 0 Å². The minimum Gasteiger partial charge on any atom is -0.508 e. The molecule has 0 spiro atoms. The Labute approximate surface area is 121 Å². The zero-order valence-electron chi connectivity index (χ0n) is 11.7. The molecule has 1 aromatic carbocycles. The van der Waals surface area contributed by atoms with Crippen molar-refractivity contribution >= 4 is 5.78 Å². The van der Waals surface area contributed by atoms with E-state index < -0.39 is 31.2 Å². The smallest absolute Gasteiger partial charge is 0.229 e. The van der Waals surface area contributed by atoms with E-state index in [0.29, 0.717) is 5.56 Å². The van der Waals surface area contributed by atoms with Crippen molar-refractivity contribution < 1.29 is 34.7 Å². The van der Waals surface area contributed by atoms with Crippen LogP contribution in [0.2, 0.25) is 0 Å². The summed E-state index contributed by atoms with van der Waals surface area (Å²) in [6.45, 7) is 2.50. The molecule has 1 aromatic rings. The van der Waals surface area contributed by atoms with Gasteiger partial charge in [-0.1, -0.05) is 0 Å². The number of ether oxygens (including phenoxy) is 2. The summed E-state index contributed by atoms with van der Waals surface area (Å²) in [5, 5.41) is 38.2. The summed E-state index contributed by atoms with van der Waals surface area (Å²) in [7, 11) is 0. The van der Waals surface area contributed by atoms with E-state index in [1.807, 2.05) is 0 Å². The van der Waals surface area contributed by atoms with Gasteiger partial charge in [0.15, 0.2) is 5.78 Å². The molecular weight excluding hydrogens is 280 g/mol. The van der Waals surface area contributed by atoms with Crippen LogP contribution in [0.5, 0.6) is 11.5 Å². The van der Waals surface area contributed by atoms with Crippen LogP contribution in [0.25, 0.3) is 0 Å². The van der Waals surface area contributed by atoms with E-state index in [0.717, 1.165) is 0 Å². The van der Waals surface area contributed by atoms with Crippen molar-refractivity contribution in [3.05, 3.63) is 23.3 Å². The number of ketones is 1. The molecule has 1 fully saturated rings. The molecule has 116 valence electrons. The first-order valence-corrected chi connectivity index (χ1v) is 6.48. The number of aliphatic hydroxyl groups excluding tert-OH is 3. The van der Waals surface area contributed by atoms with Crippen LogP contribution >= 0.6 is 0 Å². The van der Waals surface area contributed by atoms with Crippen LogP contribution in [0.1, 0.15) is 22.8 Å². The van der Waals surface area contributed by atoms with Gasteiger partial charge in [-0.3, -0.25) is 4.79 Å². The fourth-order valence-electron chi connectivity index (χ4n) is 2.14. The van der Waals surface area contributed by atoms with Gasteiger partial charge < -0.3 is 29.9 Å². The molecule has 4 unspecified atom stereocenters. The van der Waals surface area contributed by atoms with Crippen LogP contribution in [0.3, 0.4) is 0 Å². The van der Waals surface area contributed by atoms with Gasteiger partial charge in [0.2, 0.25) is 6.29 Å². The first kappa shape index (κ1) is 15.7. The van der Waals surface area contributed by atoms with Gasteiger partial charge in [-0.05, 0) is 25.5 Å². The lowest BCUT2D eigenvalue weighted by molar-refractivity contribution is -0.116. The molecule has 0 aliphatic carbocycles. The third-order valence-corrected chi connectivity index (χ3v) is 3.42. The molecule has 1 aliphatic heterocycles. The van der Waals surface area contributed by atoms with Crippen molar-refractivity contribution in [2.45, 2.75) is 38.4 Å². The van der Waals surface area contributed by atoms with E-state index in [4.69, 9.17) is 14.6 Å². The molecule has 21 heavy (non-hydrogen) atoms. The van der Waals surface area contributed by atoms with Crippen LogP contribution in [-0.4, -0.2) is 57.4 Å². The highest BCUT2D eigenvalue weighted by molar-refractivity contribution is 5.97. The van der Waals surface area contributed by atoms with Gasteiger partial charge in [-0.2, -0.15) is 0 Å². The maximum Gasteiger partial charge on any atom is 0.229 e. The highest BCUT2D eigenvalue weighted by Crippen LogP contribution is 2.31. The summed E-state index contributed by atoms with van der Waals surface area (Å²) in [5.74, 6) is -0.304. The fraction of sp³-hybridized carbons (Fsp3) is 0.500. The summed E-state index contributed by atoms with van der Waals surface area (Å²) < 4.78 is 10.6. The van der Waals surface area contributed by atoms with E-state index in [-0.39, 0.29) is 22.8 Å². The Morgan fingerprint density at radius 3 is 2.52 bits per heavy atom. The Kier molecular flexibility index (Phi) is 4.48. The molecule has 0 saturated carbocycles. The van der Waals surface area contributed by atoms with Gasteiger partial charge in [0.05, 0.1) is 12.2 Å². The zero-order chi connectivity index (χ0) is 15.7. The molecule has 0 bridgehead atoms. The molecular formula is C14H18O7. The highest BCUT2D eigenvalue weighted by Gasteiger charge is 2.44. The Hall–Kier alpha value is -1.67. The van der Waals surface area contributed by atoms with E-state index in [1.54, 1.807) is 6.92 Å². The van der Waals surface area contributed by atoms with Crippen LogP contribution in [0.4, 0.5) is 0 Å². The lowest BCUT2D eigenvalue weighted by atomic mass is 10.1. The lowest BCUT2D eigenvalue weighted by Crippen LogP contribution is -2.35. The summed E-state index contributed by atoms with van der Waals surface area (Å²) >= 11 is 0. The van der Waals surface area contributed by atoms with Crippen molar-refractivity contribution in [3.63, 3.8) is 0 Å². The monoisotopic (exact) mass is 298 g/mol. The van der Waals surface area contributed by atoms with Crippen LogP contribution in [0.15, 0.2) is 12.1 Å². The predicted octanol–water partition coefficient (Wildman–Crippen LogP) is -0.279. The number of carbonyl (C=O) groups excluding carboxylic acids is 1. The molecule has 1 aliphatic rings. The number of phenolic OH excluding ortho intramolecular Hbond substituents is 1. The van der Waals surface area contributed by atoms with E-state index in [9.17, 15) is 20.1 Å². The van der Waals surface area contributed by atoms with Crippen LogP contribution in [0, 0.1) is 6.92 Å². The molecule has 7 heteroatoms. The number of hydrogen-bond acceptors (Lipinski definition) is 7. The van der Waals surface area contributed by atoms with Gasteiger partial charge in [-0.15, -0.1) is 0 Å². The average Bonchev–Trinajstić information content (AvgIpc) is 2.70. The summed E-state index contributed by atoms with van der Waals surface area (Å²) in [6.07, 6.45) is -4.87. The third-order valence-electron chi connectivity index (χ3n) is 3.42. The molecule has 0 radical (unpaired) electrons. The second-order valence-electron chi connectivity index (χ2n) is 5.02. The Bertz CT molecular complexity index is 542. The van der Waals surface area contributed by atoms with Crippen molar-refractivity contribution in [2.24, 2.45) is 0 Å². The quantitative estimate of drug-likeness (QED) is 0.565. The van der Waals surface area contributed by atoms with Gasteiger partial charge in [0.25, 0.3) is 0 Å². The molecule has 0 amide bonds. The maximum atomic E-state index is 11.6. The molecule has 0 aromatic heterocycles. The topological polar surface area (TPSA) is 116 Å². The maximum absolute atomic E-state index is 11.6. The SMILES string of the molecule is CC(=O)c1cc(C)c(O)cc1OC1OC(CO)C(O)C1O. The number of aromatic hydroxyl groups is 1. The Morgan fingerprint density at radius 1 is 1.33 bits per heavy atom. The molecule has 4 N–H and O–H groups in total. The van der Waals surface area contributed by atoms with Gasteiger partial charge in [0.1, 0.15) is 29.8 Å². The van der Waals surface area contributed by atoms with Crippen LogP contribution in [-0.2, 0) is 4.74 Å². The molecule has 1 heterocycles. The third kappa shape index (κ3) is 3.01. The Balaban J connectivity index is 2.27. The zero-order valence-corrected chi connectivity index (χ0v) is 11.7. The van der Waals surface area contributed by atoms with E-state index >= 15 is 0 Å². The number of phenols is 1. The lowest BCUT2D eigenvalue weighted by Gasteiger charge is -2.19. The minimum atomic E-state index is -1.37.